The first-order valence-corrected chi connectivity index (χ1v) is 7.49. The Morgan fingerprint density at radius 1 is 1.41 bits per heavy atom. The van der Waals surface area contributed by atoms with Gasteiger partial charge in [-0.3, -0.25) is 19.6 Å². The van der Waals surface area contributed by atoms with Crippen LogP contribution < -0.4 is 10.2 Å². The summed E-state index contributed by atoms with van der Waals surface area (Å²) in [6.45, 7) is -0.743. The van der Waals surface area contributed by atoms with E-state index in [0.29, 0.717) is 0 Å². The van der Waals surface area contributed by atoms with Crippen LogP contribution in [0, 0.1) is 0 Å². The minimum absolute atomic E-state index is 0. The molecule has 2 rings (SSSR count). The van der Waals surface area contributed by atoms with Gasteiger partial charge in [0, 0.05) is 42.5 Å². The molecule has 0 bridgehead atoms. The Balaban J connectivity index is 0.00000242. The first-order valence-electron chi connectivity index (χ1n) is 5.99. The van der Waals surface area contributed by atoms with Gasteiger partial charge in [-0.15, -0.1) is 0 Å². The van der Waals surface area contributed by atoms with E-state index in [2.05, 4.69) is 4.52 Å². The molecule has 4 N–H and O–H groups in total. The van der Waals surface area contributed by atoms with Crippen LogP contribution in [0.5, 0.6) is 0 Å². The molecule has 0 spiro atoms. The van der Waals surface area contributed by atoms with Crippen LogP contribution in [0.3, 0.4) is 0 Å². The van der Waals surface area contributed by atoms with Crippen molar-refractivity contribution < 1.29 is 43.4 Å². The van der Waals surface area contributed by atoms with Crippen LogP contribution in [0.4, 0.5) is 4.79 Å². The Kier molecular flexibility index (Phi) is 6.96. The number of aliphatic hydroxyl groups excluding tert-OH is 2. The Hall–Kier alpha value is -0.0700. The fourth-order valence-corrected chi connectivity index (χ4v) is 2.45. The van der Waals surface area contributed by atoms with Gasteiger partial charge in [-0.25, -0.2) is 4.79 Å². The molecule has 0 aromatic carbocycles. The van der Waals surface area contributed by atoms with Gasteiger partial charge in [-0.2, -0.15) is 0 Å². The Morgan fingerprint density at radius 3 is 2.59 bits per heavy atom. The van der Waals surface area contributed by atoms with Crippen LogP contribution in [0.25, 0.3) is 0 Å². The fourth-order valence-electron chi connectivity index (χ4n) is 2.11. The number of nitrogens with one attached hydrogen (secondary N) is 1. The van der Waals surface area contributed by atoms with Gasteiger partial charge in [0.15, 0.2) is 6.23 Å². The number of phosphoric ester groups is 1. The number of carbonyl (C=O) groups is 2. The summed E-state index contributed by atoms with van der Waals surface area (Å²) >= 11 is 0. The van der Waals surface area contributed by atoms with E-state index >= 15 is 0 Å². The van der Waals surface area contributed by atoms with Crippen molar-refractivity contribution in [2.45, 2.75) is 31.0 Å². The zero-order valence-electron chi connectivity index (χ0n) is 11.6. The minimum atomic E-state index is -5.00. The number of rotatable bonds is 4. The van der Waals surface area contributed by atoms with Gasteiger partial charge in [0.05, 0.1) is 6.61 Å². The monoisotopic (exact) mass is 348 g/mol. The van der Waals surface area contributed by atoms with Crippen molar-refractivity contribution in [1.82, 2.24) is 10.2 Å². The Bertz CT molecular complexity index is 486. The first-order chi connectivity index (χ1) is 9.69. The fraction of sp³-hybridized carbons (Fsp3) is 0.778. The average molecular weight is 348 g/mol. The zero-order chi connectivity index (χ0) is 15.8. The van der Waals surface area contributed by atoms with Crippen LogP contribution in [0.15, 0.2) is 0 Å². The van der Waals surface area contributed by atoms with Gasteiger partial charge >= 0.3 is 6.03 Å². The summed E-state index contributed by atoms with van der Waals surface area (Å²) in [5, 5.41) is 21.6. The van der Waals surface area contributed by atoms with Crippen molar-refractivity contribution in [2.24, 2.45) is 0 Å². The van der Waals surface area contributed by atoms with E-state index in [4.69, 9.17) is 9.63 Å². The maximum atomic E-state index is 11.6. The first kappa shape index (κ1) is 20.0. The molecule has 1 radical (unpaired) electrons. The van der Waals surface area contributed by atoms with Crippen molar-refractivity contribution >= 4 is 49.3 Å². The molecular formula is C9H14N2NaO9P-. The topological polar surface area (TPSA) is 169 Å². The van der Waals surface area contributed by atoms with Crippen LogP contribution in [-0.2, 0) is 18.6 Å². The molecule has 0 aromatic heterocycles. The summed E-state index contributed by atoms with van der Waals surface area (Å²) in [6.07, 6.45) is -5.55. The second-order valence-electron chi connectivity index (χ2n) is 4.61. The second kappa shape index (κ2) is 7.67. The van der Waals surface area contributed by atoms with E-state index in [1.54, 1.807) is 0 Å². The summed E-state index contributed by atoms with van der Waals surface area (Å²) < 4.78 is 19.8. The van der Waals surface area contributed by atoms with Gasteiger partial charge in [0.25, 0.3) is 7.82 Å². The molecular weight excluding hydrogens is 334 g/mol. The van der Waals surface area contributed by atoms with Crippen LogP contribution in [0.1, 0.15) is 6.42 Å². The molecule has 0 aromatic rings. The van der Waals surface area contributed by atoms with Gasteiger partial charge in [0.2, 0.25) is 5.91 Å². The van der Waals surface area contributed by atoms with Crippen LogP contribution in [0.2, 0.25) is 0 Å². The smallest absolute Gasteiger partial charge is 0.326 e. The molecule has 2 aliphatic heterocycles. The normalized spacial score (nSPS) is 34.8. The maximum absolute atomic E-state index is 11.6. The van der Waals surface area contributed by atoms with Crippen molar-refractivity contribution in [3.8, 4) is 0 Å². The third-order valence-corrected chi connectivity index (χ3v) is 3.61. The number of phosphoric acid groups is 1. The third kappa shape index (κ3) is 4.71. The molecule has 0 saturated carbocycles. The van der Waals surface area contributed by atoms with Gasteiger partial charge in [0.1, 0.15) is 18.3 Å². The van der Waals surface area contributed by atoms with E-state index in [1.165, 1.54) is 0 Å². The van der Waals surface area contributed by atoms with Crippen molar-refractivity contribution in [3.63, 3.8) is 0 Å². The number of urea groups is 1. The standard InChI is InChI=1S/C9H15N2O9P.Na/c12-5-1-2-11(9(15)10-5)8-7(14)6(13)4(20-8)3-19-21(16,17)18;/h4,6-8,13-14H,1-3H2,(H,10,12,15)(H2,16,17,18);/p-1/t4-,6-,7-,8-;/m1./s1. The molecule has 5 atom stereocenters. The predicted molar refractivity (Wildman–Crippen MR) is 67.1 cm³/mol. The minimum Gasteiger partial charge on any atom is -0.756 e. The molecule has 0 aliphatic carbocycles. The second-order valence-corrected chi connectivity index (χ2v) is 5.80. The van der Waals surface area contributed by atoms with Crippen LogP contribution >= 0.6 is 7.82 Å². The average Bonchev–Trinajstić information content (AvgIpc) is 2.64. The van der Waals surface area contributed by atoms with Crippen molar-refractivity contribution in [2.75, 3.05) is 13.2 Å². The quantitative estimate of drug-likeness (QED) is 0.297. The van der Waals surface area contributed by atoms with Gasteiger partial charge in [-0.05, 0) is 0 Å². The molecule has 22 heavy (non-hydrogen) atoms. The SMILES string of the molecule is O=C1CCN([C@@H]2O[C@H](COP(=O)([O-])O)[C@@H](O)[C@H]2O)C(=O)N1.[Na]. The number of carbonyl (C=O) groups excluding carboxylic acids is 2. The van der Waals surface area contributed by atoms with E-state index in [9.17, 15) is 29.3 Å². The molecule has 3 amide bonds. The van der Waals surface area contributed by atoms with E-state index in [0.717, 1.165) is 4.90 Å². The number of aliphatic hydroxyl groups is 2. The number of imide groups is 1. The maximum Gasteiger partial charge on any atom is 0.326 e. The van der Waals surface area contributed by atoms with E-state index in [1.807, 2.05) is 5.32 Å². The summed E-state index contributed by atoms with van der Waals surface area (Å²) in [5.74, 6) is -0.475. The molecule has 121 valence electrons. The summed E-state index contributed by atoms with van der Waals surface area (Å²) in [5.41, 5.74) is 0. The molecule has 2 aliphatic rings. The van der Waals surface area contributed by atoms with Gasteiger partial charge < -0.3 is 29.3 Å². The molecule has 11 nitrogen and oxygen atoms in total. The summed E-state index contributed by atoms with van der Waals surface area (Å²) in [6, 6.07) is -0.791. The van der Waals surface area contributed by atoms with Crippen molar-refractivity contribution in [3.05, 3.63) is 0 Å². The van der Waals surface area contributed by atoms with E-state index in [-0.39, 0.29) is 42.5 Å². The molecule has 2 heterocycles. The Morgan fingerprint density at radius 2 is 2.05 bits per heavy atom. The third-order valence-electron chi connectivity index (χ3n) is 3.13. The number of amides is 3. The molecule has 13 heteroatoms. The number of nitrogens with zero attached hydrogens (tertiary/aromatic N) is 1. The predicted octanol–water partition coefficient (Wildman–Crippen LogP) is -3.53. The number of hydrogen-bond acceptors (Lipinski definition) is 8. The number of ether oxygens (including phenoxy) is 1. The van der Waals surface area contributed by atoms with Crippen molar-refractivity contribution in [1.29, 1.82) is 0 Å². The summed E-state index contributed by atoms with van der Waals surface area (Å²) in [4.78, 5) is 42.6. The molecule has 1 unspecified atom stereocenters. The molecule has 2 saturated heterocycles. The Labute approximate surface area is 147 Å². The molecule has 2 fully saturated rings. The number of hydrogen-bond donors (Lipinski definition) is 4. The largest absolute Gasteiger partial charge is 0.756 e. The van der Waals surface area contributed by atoms with Crippen LogP contribution in [-0.4, -0.2) is 99.2 Å². The zero-order valence-corrected chi connectivity index (χ0v) is 14.5. The van der Waals surface area contributed by atoms with Gasteiger partial charge in [-0.1, -0.05) is 0 Å². The van der Waals surface area contributed by atoms with E-state index < -0.39 is 50.9 Å². The summed E-state index contributed by atoms with van der Waals surface area (Å²) in [7, 11) is -5.00.